The first-order valence-corrected chi connectivity index (χ1v) is 12.8. The van der Waals surface area contributed by atoms with Crippen LogP contribution in [-0.2, 0) is 15.9 Å². The predicted molar refractivity (Wildman–Crippen MR) is 128 cm³/mol. The maximum atomic E-state index is 13.1. The van der Waals surface area contributed by atoms with Crippen LogP contribution >= 0.6 is 43.5 Å². The number of ether oxygens (including phenoxy) is 1. The van der Waals surface area contributed by atoms with Crippen molar-refractivity contribution in [3.8, 4) is 5.75 Å². The molecule has 10 heteroatoms. The summed E-state index contributed by atoms with van der Waals surface area (Å²) in [5, 5.41) is 7.24. The van der Waals surface area contributed by atoms with Gasteiger partial charge >= 0.3 is 0 Å². The van der Waals surface area contributed by atoms with Gasteiger partial charge in [-0.05, 0) is 57.9 Å². The molecule has 0 amide bonds. The van der Waals surface area contributed by atoms with E-state index in [4.69, 9.17) is 16.3 Å². The highest BCUT2D eigenvalue weighted by molar-refractivity contribution is 9.10. The van der Waals surface area contributed by atoms with Gasteiger partial charge in [0.15, 0.2) is 0 Å². The van der Waals surface area contributed by atoms with E-state index in [1.165, 1.54) is 17.1 Å². The fraction of sp³-hybridized carbons (Fsp3) is 0.300. The molecule has 162 valence electrons. The third kappa shape index (κ3) is 5.20. The van der Waals surface area contributed by atoms with Crippen molar-refractivity contribution < 1.29 is 13.2 Å². The standard InChI is InChI=1S/C16H12Br2ClNO3S.C4H10N2/c1-23-12-3-5-16(14(18)7-12)24(21,22)20-9-10(8-19)13-6-11(17)2-4-15(13)20;1-2-6-4-3-5-1/h2-7,9H,8H2,1H3;5-6H,1-4H2. The molecule has 3 aromatic rings. The highest BCUT2D eigenvalue weighted by Crippen LogP contribution is 2.33. The second-order valence-electron chi connectivity index (χ2n) is 6.55. The first-order valence-electron chi connectivity index (χ1n) is 9.24. The van der Waals surface area contributed by atoms with Gasteiger partial charge in [0.2, 0.25) is 0 Å². The zero-order valence-corrected chi connectivity index (χ0v) is 21.0. The summed E-state index contributed by atoms with van der Waals surface area (Å²) < 4.78 is 33.9. The minimum absolute atomic E-state index is 0.157. The summed E-state index contributed by atoms with van der Waals surface area (Å²) in [7, 11) is -2.26. The Morgan fingerprint density at radius 1 is 1.07 bits per heavy atom. The second-order valence-corrected chi connectivity index (χ2v) is 10.4. The number of nitrogens with one attached hydrogen (secondary N) is 2. The predicted octanol–water partition coefficient (Wildman–Crippen LogP) is 4.33. The summed E-state index contributed by atoms with van der Waals surface area (Å²) in [6.45, 7) is 4.56. The number of alkyl halides is 1. The van der Waals surface area contributed by atoms with E-state index in [1.54, 1.807) is 30.5 Å². The molecule has 0 saturated carbocycles. The Hall–Kier alpha value is -1.10. The van der Waals surface area contributed by atoms with E-state index in [2.05, 4.69) is 42.5 Å². The molecule has 1 aliphatic rings. The molecule has 0 unspecified atom stereocenters. The summed E-state index contributed by atoms with van der Waals surface area (Å²) in [5.41, 5.74) is 1.33. The normalized spacial score (nSPS) is 14.3. The molecule has 1 saturated heterocycles. The van der Waals surface area contributed by atoms with E-state index in [1.807, 2.05) is 6.07 Å². The third-order valence-corrected chi connectivity index (χ3v) is 8.02. The number of fused-ring (bicyclic) bond motifs is 1. The van der Waals surface area contributed by atoms with E-state index in [9.17, 15) is 8.42 Å². The van der Waals surface area contributed by atoms with Gasteiger partial charge in [-0.3, -0.25) is 0 Å². The Kier molecular flexibility index (Phi) is 8.23. The summed E-state index contributed by atoms with van der Waals surface area (Å²) in [6, 6.07) is 10.2. The van der Waals surface area contributed by atoms with Crippen LogP contribution in [0.5, 0.6) is 5.75 Å². The number of hydrogen-bond donors (Lipinski definition) is 2. The topological polar surface area (TPSA) is 72.4 Å². The van der Waals surface area contributed by atoms with E-state index in [-0.39, 0.29) is 10.8 Å². The van der Waals surface area contributed by atoms with Crippen LogP contribution in [-0.4, -0.2) is 45.7 Å². The molecule has 2 N–H and O–H groups in total. The van der Waals surface area contributed by atoms with Crippen molar-refractivity contribution in [2.24, 2.45) is 0 Å². The fourth-order valence-corrected chi connectivity index (χ4v) is 6.06. The molecule has 0 bridgehead atoms. The van der Waals surface area contributed by atoms with Crippen molar-refractivity contribution in [2.75, 3.05) is 33.3 Å². The first kappa shape index (κ1) is 23.6. The van der Waals surface area contributed by atoms with Crippen molar-refractivity contribution in [3.05, 3.63) is 57.1 Å². The van der Waals surface area contributed by atoms with Gasteiger partial charge in [-0.25, -0.2) is 12.4 Å². The molecule has 4 rings (SSSR count). The zero-order chi connectivity index (χ0) is 21.7. The molecule has 30 heavy (non-hydrogen) atoms. The van der Waals surface area contributed by atoms with Crippen molar-refractivity contribution in [1.29, 1.82) is 0 Å². The average Bonchev–Trinajstić information content (AvgIpc) is 3.13. The molecule has 0 radical (unpaired) electrons. The number of rotatable bonds is 4. The Bertz CT molecular complexity index is 1120. The number of halogens is 3. The smallest absolute Gasteiger partial charge is 0.269 e. The molecule has 1 fully saturated rings. The van der Waals surface area contributed by atoms with Crippen molar-refractivity contribution in [1.82, 2.24) is 14.6 Å². The highest BCUT2D eigenvalue weighted by Gasteiger charge is 2.23. The molecule has 0 aliphatic carbocycles. The molecule has 1 aliphatic heterocycles. The zero-order valence-electron chi connectivity index (χ0n) is 16.3. The van der Waals surface area contributed by atoms with Gasteiger partial charge in [0.05, 0.1) is 12.6 Å². The van der Waals surface area contributed by atoms with Crippen LogP contribution in [0.3, 0.4) is 0 Å². The molecule has 2 aromatic carbocycles. The minimum atomic E-state index is -3.78. The number of piperazine rings is 1. The molecule has 0 atom stereocenters. The molecule has 1 aromatic heterocycles. The van der Waals surface area contributed by atoms with Gasteiger partial charge in [-0.1, -0.05) is 15.9 Å². The molecule has 6 nitrogen and oxygen atoms in total. The lowest BCUT2D eigenvalue weighted by Crippen LogP contribution is -2.39. The van der Waals surface area contributed by atoms with Crippen LogP contribution in [0.25, 0.3) is 10.9 Å². The summed E-state index contributed by atoms with van der Waals surface area (Å²) in [5.74, 6) is 0.794. The number of benzene rings is 2. The summed E-state index contributed by atoms with van der Waals surface area (Å²) >= 11 is 12.7. The minimum Gasteiger partial charge on any atom is -0.497 e. The van der Waals surface area contributed by atoms with Crippen LogP contribution < -0.4 is 15.4 Å². The maximum Gasteiger partial charge on any atom is 0.269 e. The Morgan fingerprint density at radius 3 is 2.27 bits per heavy atom. The number of hydrogen-bond acceptors (Lipinski definition) is 5. The van der Waals surface area contributed by atoms with Crippen molar-refractivity contribution >= 4 is 64.4 Å². The lowest BCUT2D eigenvalue weighted by atomic mass is 10.2. The van der Waals surface area contributed by atoms with Crippen molar-refractivity contribution in [3.63, 3.8) is 0 Å². The highest BCUT2D eigenvalue weighted by atomic mass is 79.9. The average molecular weight is 580 g/mol. The quantitative estimate of drug-likeness (QED) is 0.451. The molecular formula is C20H22Br2ClN3O3S. The van der Waals surface area contributed by atoms with E-state index in [0.29, 0.717) is 15.7 Å². The lowest BCUT2D eigenvalue weighted by Gasteiger charge is -2.11. The van der Waals surface area contributed by atoms with Crippen LogP contribution in [0.15, 0.2) is 56.4 Å². The largest absolute Gasteiger partial charge is 0.497 e. The van der Waals surface area contributed by atoms with Gasteiger partial charge in [0, 0.05) is 52.6 Å². The summed E-state index contributed by atoms with van der Waals surface area (Å²) in [4.78, 5) is 0.157. The van der Waals surface area contributed by atoms with Crippen LogP contribution in [0.2, 0.25) is 0 Å². The van der Waals surface area contributed by atoms with E-state index >= 15 is 0 Å². The van der Waals surface area contributed by atoms with Gasteiger partial charge in [0.1, 0.15) is 10.6 Å². The first-order chi connectivity index (χ1) is 14.4. The van der Waals surface area contributed by atoms with Gasteiger partial charge in [0.25, 0.3) is 10.0 Å². The molecule has 2 heterocycles. The Balaban J connectivity index is 0.000000367. The number of methoxy groups -OCH3 is 1. The second kappa shape index (κ2) is 10.5. The van der Waals surface area contributed by atoms with Gasteiger partial charge < -0.3 is 15.4 Å². The lowest BCUT2D eigenvalue weighted by molar-refractivity contribution is 0.414. The van der Waals surface area contributed by atoms with Crippen LogP contribution in [0, 0.1) is 0 Å². The van der Waals surface area contributed by atoms with Crippen LogP contribution in [0.4, 0.5) is 0 Å². The van der Waals surface area contributed by atoms with E-state index in [0.717, 1.165) is 41.6 Å². The van der Waals surface area contributed by atoms with Gasteiger partial charge in [-0.15, -0.1) is 11.6 Å². The number of nitrogens with zero attached hydrogens (tertiary/aromatic N) is 1. The maximum absolute atomic E-state index is 13.1. The SMILES string of the molecule is C1CNCCN1.COc1ccc(S(=O)(=O)n2cc(CCl)c3cc(Br)ccc32)c(Br)c1. The molecular weight excluding hydrogens is 558 g/mol. The monoisotopic (exact) mass is 577 g/mol. The van der Waals surface area contributed by atoms with Crippen molar-refractivity contribution in [2.45, 2.75) is 10.8 Å². The third-order valence-electron chi connectivity index (χ3n) is 4.59. The van der Waals surface area contributed by atoms with Crippen LogP contribution in [0.1, 0.15) is 5.56 Å². The van der Waals surface area contributed by atoms with E-state index < -0.39 is 10.0 Å². The van der Waals surface area contributed by atoms with Gasteiger partial charge in [-0.2, -0.15) is 0 Å². The number of aromatic nitrogens is 1. The molecule has 0 spiro atoms. The Labute approximate surface area is 198 Å². The fourth-order valence-electron chi connectivity index (χ4n) is 3.07. The summed E-state index contributed by atoms with van der Waals surface area (Å²) in [6.07, 6.45) is 1.57. The Morgan fingerprint density at radius 2 is 1.73 bits per heavy atom.